The third-order valence-electron chi connectivity index (χ3n) is 6.01. The zero-order valence-corrected chi connectivity index (χ0v) is 18.4. The first-order valence-electron chi connectivity index (χ1n) is 10.9. The van der Waals surface area contributed by atoms with Crippen LogP contribution in [0.15, 0.2) is 60.9 Å². The molecule has 178 valence electrons. The number of nitrogens with zero attached hydrogens (tertiary/aromatic N) is 3. The molecule has 0 radical (unpaired) electrons. The summed E-state index contributed by atoms with van der Waals surface area (Å²) in [5, 5.41) is 16.6. The fraction of sp³-hybridized carbons (Fsp3) is 0.208. The lowest BCUT2D eigenvalue weighted by atomic mass is 9.98. The van der Waals surface area contributed by atoms with Gasteiger partial charge in [0.1, 0.15) is 13.2 Å². The molecule has 1 fully saturated rings. The van der Waals surface area contributed by atoms with Crippen LogP contribution < -0.4 is 10.7 Å². The standard InChI is InChI=1S/C24H21N5O6/c30-21-9-20(23(32)33)29(27-21)22(31)12-28-11-14(10-25-28)26-24(34)35-13-19-17-7-3-1-5-15(17)16-6-2-4-8-18(16)19/h1-8,10-11,19-20H,9,12-13H2,(H,26,34)(H,27,30)(H,32,33). The number of hydrogen-bond acceptors (Lipinski definition) is 6. The van der Waals surface area contributed by atoms with Crippen LogP contribution in [0.3, 0.4) is 0 Å². The van der Waals surface area contributed by atoms with Gasteiger partial charge < -0.3 is 9.84 Å². The van der Waals surface area contributed by atoms with Crippen molar-refractivity contribution in [2.45, 2.75) is 24.9 Å². The van der Waals surface area contributed by atoms with E-state index in [0.717, 1.165) is 27.3 Å². The van der Waals surface area contributed by atoms with Crippen molar-refractivity contribution in [3.8, 4) is 11.1 Å². The highest BCUT2D eigenvalue weighted by atomic mass is 16.5. The topological polar surface area (TPSA) is 143 Å². The molecule has 0 spiro atoms. The number of aromatic nitrogens is 2. The Hall–Kier alpha value is -4.67. The zero-order chi connectivity index (χ0) is 24.5. The van der Waals surface area contributed by atoms with Crippen molar-refractivity contribution in [1.29, 1.82) is 0 Å². The van der Waals surface area contributed by atoms with Crippen LogP contribution in [0, 0.1) is 0 Å². The minimum Gasteiger partial charge on any atom is -0.480 e. The number of carboxylic acids is 1. The smallest absolute Gasteiger partial charge is 0.411 e. The highest BCUT2D eigenvalue weighted by Crippen LogP contribution is 2.44. The Morgan fingerprint density at radius 1 is 1.09 bits per heavy atom. The number of carboxylic acid groups (broad SMARTS) is 1. The normalized spacial score (nSPS) is 16.4. The van der Waals surface area contributed by atoms with Gasteiger partial charge in [-0.2, -0.15) is 5.10 Å². The SMILES string of the molecule is O=C1CC(C(=O)O)N(C(=O)Cn2cc(NC(=O)OCC3c4ccccc4-c4ccccc43)cn2)N1. The lowest BCUT2D eigenvalue weighted by Crippen LogP contribution is -2.47. The van der Waals surface area contributed by atoms with Crippen LogP contribution in [0.25, 0.3) is 11.1 Å². The largest absolute Gasteiger partial charge is 0.480 e. The van der Waals surface area contributed by atoms with Crippen LogP contribution in [-0.4, -0.2) is 56.4 Å². The number of rotatable bonds is 6. The van der Waals surface area contributed by atoms with Gasteiger partial charge in [0, 0.05) is 12.1 Å². The molecule has 11 nitrogen and oxygen atoms in total. The van der Waals surface area contributed by atoms with E-state index in [4.69, 9.17) is 4.74 Å². The van der Waals surface area contributed by atoms with Crippen LogP contribution in [0.1, 0.15) is 23.5 Å². The molecule has 1 aromatic heterocycles. The number of ether oxygens (including phenoxy) is 1. The van der Waals surface area contributed by atoms with Crippen LogP contribution in [-0.2, 0) is 25.7 Å². The van der Waals surface area contributed by atoms with E-state index in [1.165, 1.54) is 17.1 Å². The first-order chi connectivity index (χ1) is 16.9. The average molecular weight is 475 g/mol. The van der Waals surface area contributed by atoms with Gasteiger partial charge in [-0.1, -0.05) is 48.5 Å². The molecule has 5 rings (SSSR count). The first-order valence-corrected chi connectivity index (χ1v) is 10.9. The maximum Gasteiger partial charge on any atom is 0.411 e. The van der Waals surface area contributed by atoms with Crippen molar-refractivity contribution in [2.75, 3.05) is 11.9 Å². The number of hydrogen-bond donors (Lipinski definition) is 3. The van der Waals surface area contributed by atoms with E-state index in [1.54, 1.807) is 0 Å². The lowest BCUT2D eigenvalue weighted by Gasteiger charge is -2.20. The monoisotopic (exact) mass is 475 g/mol. The summed E-state index contributed by atoms with van der Waals surface area (Å²) in [7, 11) is 0. The number of carbonyl (C=O) groups excluding carboxylic acids is 3. The van der Waals surface area contributed by atoms with Crippen LogP contribution in [0.4, 0.5) is 10.5 Å². The Labute approximate surface area is 199 Å². The van der Waals surface area contributed by atoms with Gasteiger partial charge in [0.05, 0.1) is 18.3 Å². The number of amides is 3. The predicted octanol–water partition coefficient (Wildman–Crippen LogP) is 1.96. The summed E-state index contributed by atoms with van der Waals surface area (Å²) in [4.78, 5) is 47.6. The molecule has 0 saturated carbocycles. The maximum atomic E-state index is 12.4. The molecule has 2 heterocycles. The molecule has 2 aromatic carbocycles. The molecule has 1 aliphatic carbocycles. The number of nitrogens with one attached hydrogen (secondary N) is 2. The van der Waals surface area contributed by atoms with E-state index in [1.807, 2.05) is 36.4 Å². The van der Waals surface area contributed by atoms with Gasteiger partial charge in [0.2, 0.25) is 5.91 Å². The van der Waals surface area contributed by atoms with Crippen molar-refractivity contribution in [2.24, 2.45) is 0 Å². The van der Waals surface area contributed by atoms with Gasteiger partial charge >= 0.3 is 12.1 Å². The van der Waals surface area contributed by atoms with E-state index >= 15 is 0 Å². The molecule has 3 amide bonds. The summed E-state index contributed by atoms with van der Waals surface area (Å²) in [5.41, 5.74) is 6.99. The molecule has 35 heavy (non-hydrogen) atoms. The zero-order valence-electron chi connectivity index (χ0n) is 18.4. The van der Waals surface area contributed by atoms with Crippen molar-refractivity contribution in [3.63, 3.8) is 0 Å². The molecule has 11 heteroatoms. The second-order valence-corrected chi connectivity index (χ2v) is 8.23. The van der Waals surface area contributed by atoms with Gasteiger partial charge in [-0.15, -0.1) is 0 Å². The van der Waals surface area contributed by atoms with Gasteiger partial charge in [0.15, 0.2) is 6.04 Å². The predicted molar refractivity (Wildman–Crippen MR) is 122 cm³/mol. The van der Waals surface area contributed by atoms with E-state index < -0.39 is 29.9 Å². The van der Waals surface area contributed by atoms with Crippen molar-refractivity contribution >= 4 is 29.6 Å². The second-order valence-electron chi connectivity index (χ2n) is 8.23. The molecule has 1 saturated heterocycles. The molecule has 2 aliphatic rings. The van der Waals surface area contributed by atoms with E-state index in [0.29, 0.717) is 5.69 Å². The minimum atomic E-state index is -1.28. The van der Waals surface area contributed by atoms with Crippen molar-refractivity contribution < 1.29 is 29.0 Å². The fourth-order valence-electron chi connectivity index (χ4n) is 4.44. The Balaban J connectivity index is 1.19. The molecular formula is C24H21N5O6. The van der Waals surface area contributed by atoms with Gasteiger partial charge in [-0.3, -0.25) is 25.0 Å². The highest BCUT2D eigenvalue weighted by molar-refractivity contribution is 5.93. The molecule has 0 bridgehead atoms. The fourth-order valence-corrected chi connectivity index (χ4v) is 4.44. The molecule has 3 aromatic rings. The Morgan fingerprint density at radius 2 is 1.74 bits per heavy atom. The van der Waals surface area contributed by atoms with E-state index in [2.05, 4.69) is 28.0 Å². The lowest BCUT2D eigenvalue weighted by molar-refractivity contribution is -0.150. The van der Waals surface area contributed by atoms with Crippen LogP contribution in [0.5, 0.6) is 0 Å². The Kier molecular flexibility index (Phi) is 5.65. The Morgan fingerprint density at radius 3 is 2.40 bits per heavy atom. The van der Waals surface area contributed by atoms with Gasteiger partial charge in [-0.05, 0) is 22.3 Å². The number of carbonyl (C=O) groups is 4. The first kappa shape index (κ1) is 22.1. The summed E-state index contributed by atoms with van der Waals surface area (Å²) in [6.45, 7) is -0.172. The Bertz CT molecular complexity index is 1290. The van der Waals surface area contributed by atoms with Gasteiger partial charge in [-0.25, -0.2) is 14.6 Å². The summed E-state index contributed by atoms with van der Waals surface area (Å²) in [6.07, 6.45) is 1.77. The molecule has 1 aliphatic heterocycles. The summed E-state index contributed by atoms with van der Waals surface area (Å²) in [6, 6.07) is 14.8. The van der Waals surface area contributed by atoms with Gasteiger partial charge in [0.25, 0.3) is 5.91 Å². The summed E-state index contributed by atoms with van der Waals surface area (Å²) >= 11 is 0. The highest BCUT2D eigenvalue weighted by Gasteiger charge is 2.39. The number of fused-ring (bicyclic) bond motifs is 3. The second kappa shape index (κ2) is 8.93. The molecule has 3 N–H and O–H groups in total. The van der Waals surface area contributed by atoms with Crippen LogP contribution in [0.2, 0.25) is 0 Å². The van der Waals surface area contributed by atoms with Crippen molar-refractivity contribution in [1.82, 2.24) is 20.2 Å². The van der Waals surface area contributed by atoms with Crippen molar-refractivity contribution in [3.05, 3.63) is 72.1 Å². The summed E-state index contributed by atoms with van der Waals surface area (Å²) < 4.78 is 6.72. The number of hydrazine groups is 1. The quantitative estimate of drug-likeness (QED) is 0.495. The summed E-state index contributed by atoms with van der Waals surface area (Å²) in [5.74, 6) is -2.57. The van der Waals surface area contributed by atoms with E-state index in [9.17, 15) is 24.3 Å². The van der Waals surface area contributed by atoms with E-state index in [-0.39, 0.29) is 25.5 Å². The molecule has 1 atom stereocenters. The number of anilines is 1. The van der Waals surface area contributed by atoms with Crippen LogP contribution >= 0.6 is 0 Å². The third kappa shape index (κ3) is 4.31. The maximum absolute atomic E-state index is 12.4. The minimum absolute atomic E-state index is 0.0775. The number of aliphatic carboxylic acids is 1. The molecule has 1 unspecified atom stereocenters. The molecular weight excluding hydrogens is 454 g/mol. The third-order valence-corrected chi connectivity index (χ3v) is 6.01. The average Bonchev–Trinajstić information content (AvgIpc) is 3.53. The number of benzene rings is 2.